The average molecular weight is 361 g/mol. The van der Waals surface area contributed by atoms with Crippen LogP contribution >= 0.6 is 0 Å². The fourth-order valence-electron chi connectivity index (χ4n) is 2.79. The molecule has 138 valence electrons. The van der Waals surface area contributed by atoms with E-state index < -0.39 is 17.7 Å². The lowest BCUT2D eigenvalue weighted by Crippen LogP contribution is -2.32. The molecule has 2 atom stereocenters. The maximum Gasteiger partial charge on any atom is 0.312 e. The zero-order valence-corrected chi connectivity index (χ0v) is 14.4. The molecule has 0 aliphatic rings. The Morgan fingerprint density at radius 3 is 2.38 bits per heavy atom. The Labute approximate surface area is 150 Å². The van der Waals surface area contributed by atoms with Crippen LogP contribution in [0.5, 0.6) is 0 Å². The van der Waals surface area contributed by atoms with Crippen LogP contribution in [-0.4, -0.2) is 23.5 Å². The van der Waals surface area contributed by atoms with E-state index in [1.165, 1.54) is 36.4 Å². The van der Waals surface area contributed by atoms with Crippen molar-refractivity contribution in [3.8, 4) is 0 Å². The first-order valence-corrected chi connectivity index (χ1v) is 8.34. The molecule has 2 aromatic rings. The van der Waals surface area contributed by atoms with Crippen molar-refractivity contribution < 1.29 is 23.5 Å². The molecule has 2 N–H and O–H groups in total. The van der Waals surface area contributed by atoms with Crippen molar-refractivity contribution in [3.05, 3.63) is 71.3 Å². The molecule has 0 saturated carbocycles. The number of rotatable bonds is 8. The molecule has 0 saturated heterocycles. The van der Waals surface area contributed by atoms with Crippen LogP contribution in [0.1, 0.15) is 30.4 Å². The normalized spacial score (nSPS) is 13.0. The number of carbonyl (C=O) groups excluding carboxylic acids is 1. The van der Waals surface area contributed by atoms with Crippen molar-refractivity contribution in [3.63, 3.8) is 0 Å². The third kappa shape index (κ3) is 5.95. The summed E-state index contributed by atoms with van der Waals surface area (Å²) in [5.41, 5.74) is 1.23. The summed E-state index contributed by atoms with van der Waals surface area (Å²) < 4.78 is 26.2. The number of carboxylic acids is 1. The Balaban J connectivity index is 1.87. The Morgan fingerprint density at radius 1 is 1.08 bits per heavy atom. The first kappa shape index (κ1) is 19.6. The highest BCUT2D eigenvalue weighted by molar-refractivity contribution is 5.79. The highest BCUT2D eigenvalue weighted by Crippen LogP contribution is 2.17. The van der Waals surface area contributed by atoms with Crippen LogP contribution in [0.25, 0.3) is 0 Å². The van der Waals surface area contributed by atoms with Gasteiger partial charge in [0.15, 0.2) is 0 Å². The lowest BCUT2D eigenvalue weighted by atomic mass is 9.97. The van der Waals surface area contributed by atoms with Crippen LogP contribution in [0.15, 0.2) is 48.5 Å². The predicted octanol–water partition coefficient (Wildman–Crippen LogP) is 3.52. The van der Waals surface area contributed by atoms with Gasteiger partial charge in [0.2, 0.25) is 5.91 Å². The van der Waals surface area contributed by atoms with Gasteiger partial charge in [0, 0.05) is 13.0 Å². The summed E-state index contributed by atoms with van der Waals surface area (Å²) in [6.07, 6.45) is 0.748. The van der Waals surface area contributed by atoms with Crippen molar-refractivity contribution in [2.45, 2.75) is 25.7 Å². The van der Waals surface area contributed by atoms with Crippen LogP contribution in [0.2, 0.25) is 0 Å². The summed E-state index contributed by atoms with van der Waals surface area (Å²) in [4.78, 5) is 23.5. The van der Waals surface area contributed by atoms with E-state index in [0.29, 0.717) is 12.0 Å². The molecule has 0 heterocycles. The first-order chi connectivity index (χ1) is 12.3. The van der Waals surface area contributed by atoms with Gasteiger partial charge in [-0.15, -0.1) is 0 Å². The van der Waals surface area contributed by atoms with Crippen LogP contribution in [0.4, 0.5) is 8.78 Å². The van der Waals surface area contributed by atoms with E-state index in [9.17, 15) is 23.5 Å². The minimum absolute atomic E-state index is 0.0223. The van der Waals surface area contributed by atoms with Crippen LogP contribution in [0, 0.1) is 17.6 Å². The van der Waals surface area contributed by atoms with E-state index in [4.69, 9.17) is 0 Å². The second-order valence-corrected chi connectivity index (χ2v) is 6.39. The van der Waals surface area contributed by atoms with Gasteiger partial charge >= 0.3 is 5.97 Å². The second-order valence-electron chi connectivity index (χ2n) is 6.39. The number of aliphatic carboxylic acids is 1. The van der Waals surface area contributed by atoms with E-state index in [-0.39, 0.29) is 30.6 Å². The highest BCUT2D eigenvalue weighted by Gasteiger charge is 2.21. The monoisotopic (exact) mass is 361 g/mol. The number of halogens is 2. The largest absolute Gasteiger partial charge is 0.481 e. The summed E-state index contributed by atoms with van der Waals surface area (Å²) in [7, 11) is 0. The molecule has 0 radical (unpaired) electrons. The van der Waals surface area contributed by atoms with Gasteiger partial charge in [0.05, 0.1) is 5.92 Å². The Kier molecular flexibility index (Phi) is 6.83. The van der Waals surface area contributed by atoms with E-state index in [0.717, 1.165) is 5.56 Å². The number of amides is 1. The number of hydrogen-bond acceptors (Lipinski definition) is 2. The molecule has 0 fully saturated rings. The van der Waals surface area contributed by atoms with Gasteiger partial charge in [0.25, 0.3) is 0 Å². The molecule has 0 aliphatic carbocycles. The smallest absolute Gasteiger partial charge is 0.312 e. The number of carbonyl (C=O) groups is 2. The van der Waals surface area contributed by atoms with E-state index in [2.05, 4.69) is 5.32 Å². The highest BCUT2D eigenvalue weighted by atomic mass is 19.1. The van der Waals surface area contributed by atoms with Crippen LogP contribution in [0.3, 0.4) is 0 Å². The van der Waals surface area contributed by atoms with Gasteiger partial charge in [-0.05, 0) is 47.7 Å². The fraction of sp³-hybridized carbons (Fsp3) is 0.300. The van der Waals surface area contributed by atoms with Crippen molar-refractivity contribution in [2.24, 2.45) is 5.92 Å². The molecule has 2 unspecified atom stereocenters. The SMILES string of the molecule is CC(CC(=O)NCC(C(=O)O)c1ccc(F)cc1)Cc1cccc(F)c1. The number of hydrogen-bond donors (Lipinski definition) is 2. The summed E-state index contributed by atoms with van der Waals surface area (Å²) >= 11 is 0. The molecular weight excluding hydrogens is 340 g/mol. The fourth-order valence-corrected chi connectivity index (χ4v) is 2.79. The standard InChI is InChI=1S/C20H21F2NO3/c1-13(9-14-3-2-4-17(22)11-14)10-19(24)23-12-18(20(25)26)15-5-7-16(21)8-6-15/h2-8,11,13,18H,9-10,12H2,1H3,(H,23,24)(H,25,26). The Morgan fingerprint density at radius 2 is 1.77 bits per heavy atom. The van der Waals surface area contributed by atoms with Gasteiger partial charge in [-0.3, -0.25) is 9.59 Å². The molecule has 4 nitrogen and oxygen atoms in total. The van der Waals surface area contributed by atoms with Crippen molar-refractivity contribution in [1.82, 2.24) is 5.32 Å². The van der Waals surface area contributed by atoms with Crippen molar-refractivity contribution >= 4 is 11.9 Å². The molecule has 1 amide bonds. The lowest BCUT2D eigenvalue weighted by molar-refractivity contribution is -0.138. The molecular formula is C20H21F2NO3. The summed E-state index contributed by atoms with van der Waals surface area (Å²) in [5, 5.41) is 11.9. The molecule has 0 bridgehead atoms. The second kappa shape index (κ2) is 9.08. The lowest BCUT2D eigenvalue weighted by Gasteiger charge is -2.16. The van der Waals surface area contributed by atoms with Crippen molar-refractivity contribution in [2.75, 3.05) is 6.54 Å². The van der Waals surface area contributed by atoms with Gasteiger partial charge in [-0.25, -0.2) is 8.78 Å². The summed E-state index contributed by atoms with van der Waals surface area (Å²) in [6.45, 7) is 1.80. The van der Waals surface area contributed by atoms with E-state index >= 15 is 0 Å². The molecule has 26 heavy (non-hydrogen) atoms. The Hall–Kier alpha value is -2.76. The first-order valence-electron chi connectivity index (χ1n) is 8.34. The predicted molar refractivity (Wildman–Crippen MR) is 93.7 cm³/mol. The molecule has 0 spiro atoms. The molecule has 2 aromatic carbocycles. The zero-order valence-electron chi connectivity index (χ0n) is 14.4. The number of carboxylic acid groups (broad SMARTS) is 1. The molecule has 2 rings (SSSR count). The quantitative estimate of drug-likeness (QED) is 0.756. The van der Waals surface area contributed by atoms with E-state index in [1.54, 1.807) is 12.1 Å². The van der Waals surface area contributed by atoms with Crippen LogP contribution < -0.4 is 5.32 Å². The average Bonchev–Trinajstić information content (AvgIpc) is 2.56. The van der Waals surface area contributed by atoms with Gasteiger partial charge in [0.1, 0.15) is 11.6 Å². The topological polar surface area (TPSA) is 66.4 Å². The molecule has 6 heteroatoms. The maximum absolute atomic E-state index is 13.2. The third-order valence-electron chi connectivity index (χ3n) is 4.08. The third-order valence-corrected chi connectivity index (χ3v) is 4.08. The van der Waals surface area contributed by atoms with Crippen LogP contribution in [-0.2, 0) is 16.0 Å². The van der Waals surface area contributed by atoms with Gasteiger partial charge in [-0.1, -0.05) is 31.2 Å². The minimum atomic E-state index is -1.09. The Bertz CT molecular complexity index is 762. The molecule has 0 aromatic heterocycles. The number of benzene rings is 2. The number of nitrogens with one attached hydrogen (secondary N) is 1. The van der Waals surface area contributed by atoms with E-state index in [1.807, 2.05) is 6.92 Å². The summed E-state index contributed by atoms with van der Waals surface area (Å²) in [6, 6.07) is 11.4. The molecule has 0 aliphatic heterocycles. The zero-order chi connectivity index (χ0) is 19.1. The minimum Gasteiger partial charge on any atom is -0.481 e. The van der Waals surface area contributed by atoms with Gasteiger partial charge < -0.3 is 10.4 Å². The van der Waals surface area contributed by atoms with Gasteiger partial charge in [-0.2, -0.15) is 0 Å². The van der Waals surface area contributed by atoms with Crippen molar-refractivity contribution in [1.29, 1.82) is 0 Å². The maximum atomic E-state index is 13.2. The summed E-state index contributed by atoms with van der Waals surface area (Å²) in [5.74, 6) is -3.10.